The lowest BCUT2D eigenvalue weighted by molar-refractivity contribution is -0.125. The SMILES string of the molecule is CC(O)C(=O)N(C)c1ccccn1. The van der Waals surface area contributed by atoms with Gasteiger partial charge >= 0.3 is 0 Å². The van der Waals surface area contributed by atoms with Crippen LogP contribution < -0.4 is 4.90 Å². The van der Waals surface area contributed by atoms with E-state index in [2.05, 4.69) is 4.98 Å². The van der Waals surface area contributed by atoms with Crippen LogP contribution in [0, 0.1) is 0 Å². The number of hydrogen-bond donors (Lipinski definition) is 1. The molecule has 0 aliphatic rings. The zero-order valence-electron chi connectivity index (χ0n) is 7.64. The van der Waals surface area contributed by atoms with Gasteiger partial charge in [0.2, 0.25) is 0 Å². The molecule has 0 saturated heterocycles. The van der Waals surface area contributed by atoms with Crippen LogP contribution in [-0.4, -0.2) is 29.1 Å². The van der Waals surface area contributed by atoms with Crippen LogP contribution in [0.1, 0.15) is 6.92 Å². The molecule has 0 fully saturated rings. The molecule has 13 heavy (non-hydrogen) atoms. The molecule has 0 aliphatic carbocycles. The van der Waals surface area contributed by atoms with Crippen LogP contribution in [0.3, 0.4) is 0 Å². The summed E-state index contributed by atoms with van der Waals surface area (Å²) >= 11 is 0. The Bertz CT molecular complexity index is 285. The molecule has 1 atom stereocenters. The summed E-state index contributed by atoms with van der Waals surface area (Å²) in [7, 11) is 1.58. The van der Waals surface area contributed by atoms with Gasteiger partial charge in [-0.15, -0.1) is 0 Å². The zero-order valence-corrected chi connectivity index (χ0v) is 7.64. The molecule has 0 aliphatic heterocycles. The molecule has 1 heterocycles. The fourth-order valence-corrected chi connectivity index (χ4v) is 0.945. The summed E-state index contributed by atoms with van der Waals surface area (Å²) in [6.07, 6.45) is 0.605. The van der Waals surface area contributed by atoms with Gasteiger partial charge in [0.1, 0.15) is 11.9 Å². The van der Waals surface area contributed by atoms with Gasteiger partial charge in [0.05, 0.1) is 0 Å². The number of hydrogen-bond acceptors (Lipinski definition) is 3. The number of nitrogens with zero attached hydrogens (tertiary/aromatic N) is 2. The number of amides is 1. The Morgan fingerprint density at radius 2 is 2.31 bits per heavy atom. The highest BCUT2D eigenvalue weighted by atomic mass is 16.3. The molecule has 0 spiro atoms. The summed E-state index contributed by atoms with van der Waals surface area (Å²) in [4.78, 5) is 16.6. The monoisotopic (exact) mass is 180 g/mol. The first-order valence-corrected chi connectivity index (χ1v) is 3.99. The average molecular weight is 180 g/mol. The van der Waals surface area contributed by atoms with Crippen LogP contribution in [0.4, 0.5) is 5.82 Å². The van der Waals surface area contributed by atoms with Gasteiger partial charge in [0.15, 0.2) is 0 Å². The fourth-order valence-electron chi connectivity index (χ4n) is 0.945. The first kappa shape index (κ1) is 9.67. The van der Waals surface area contributed by atoms with E-state index in [-0.39, 0.29) is 5.91 Å². The summed E-state index contributed by atoms with van der Waals surface area (Å²) < 4.78 is 0. The second-order valence-electron chi connectivity index (χ2n) is 2.76. The van der Waals surface area contributed by atoms with E-state index in [1.807, 2.05) is 0 Å². The minimum atomic E-state index is -0.994. The molecule has 4 heteroatoms. The molecule has 0 bridgehead atoms. The van der Waals surface area contributed by atoms with Gasteiger partial charge in [-0.25, -0.2) is 4.98 Å². The fraction of sp³-hybridized carbons (Fsp3) is 0.333. The van der Waals surface area contributed by atoms with E-state index in [9.17, 15) is 4.79 Å². The van der Waals surface area contributed by atoms with Crippen molar-refractivity contribution >= 4 is 11.7 Å². The van der Waals surface area contributed by atoms with Gasteiger partial charge in [0.25, 0.3) is 5.91 Å². The third-order valence-corrected chi connectivity index (χ3v) is 1.68. The molecule has 1 N–H and O–H groups in total. The van der Waals surface area contributed by atoms with Crippen molar-refractivity contribution in [3.63, 3.8) is 0 Å². The number of anilines is 1. The maximum Gasteiger partial charge on any atom is 0.256 e. The highest BCUT2D eigenvalue weighted by Crippen LogP contribution is 2.07. The van der Waals surface area contributed by atoms with Crippen molar-refractivity contribution in [3.8, 4) is 0 Å². The lowest BCUT2D eigenvalue weighted by Gasteiger charge is -2.17. The van der Waals surface area contributed by atoms with Crippen molar-refractivity contribution in [3.05, 3.63) is 24.4 Å². The van der Waals surface area contributed by atoms with Crippen LogP contribution in [-0.2, 0) is 4.79 Å². The van der Waals surface area contributed by atoms with E-state index in [0.29, 0.717) is 5.82 Å². The molecule has 1 unspecified atom stereocenters. The Labute approximate surface area is 76.8 Å². The maximum absolute atomic E-state index is 11.3. The first-order chi connectivity index (χ1) is 6.13. The molecular formula is C9H12N2O2. The van der Waals surface area contributed by atoms with E-state index in [4.69, 9.17) is 5.11 Å². The number of carbonyl (C=O) groups excluding carboxylic acids is 1. The van der Waals surface area contributed by atoms with E-state index < -0.39 is 6.10 Å². The molecule has 0 aromatic carbocycles. The largest absolute Gasteiger partial charge is 0.384 e. The van der Waals surface area contributed by atoms with Gasteiger partial charge < -0.3 is 5.11 Å². The molecule has 4 nitrogen and oxygen atoms in total. The molecular weight excluding hydrogens is 168 g/mol. The Hall–Kier alpha value is -1.42. The third kappa shape index (κ3) is 2.26. The van der Waals surface area contributed by atoms with Gasteiger partial charge in [-0.05, 0) is 19.1 Å². The minimum absolute atomic E-state index is 0.362. The smallest absolute Gasteiger partial charge is 0.256 e. The first-order valence-electron chi connectivity index (χ1n) is 3.99. The molecule has 70 valence electrons. The Kier molecular flexibility index (Phi) is 2.97. The Balaban J connectivity index is 2.80. The molecule has 1 rings (SSSR count). The quantitative estimate of drug-likeness (QED) is 0.717. The predicted octanol–water partition coefficient (Wildman–Crippen LogP) is 0.425. The maximum atomic E-state index is 11.3. The lowest BCUT2D eigenvalue weighted by atomic mass is 10.3. The number of aromatic nitrogens is 1. The van der Waals surface area contributed by atoms with Crippen LogP contribution in [0.2, 0.25) is 0 Å². The zero-order chi connectivity index (χ0) is 9.84. The lowest BCUT2D eigenvalue weighted by Crippen LogP contribution is -2.35. The van der Waals surface area contributed by atoms with E-state index in [1.165, 1.54) is 11.8 Å². The normalized spacial score (nSPS) is 12.2. The summed E-state index contributed by atoms with van der Waals surface area (Å²) in [5.74, 6) is 0.173. The second kappa shape index (κ2) is 4.00. The van der Waals surface area contributed by atoms with Gasteiger partial charge in [0, 0.05) is 13.2 Å². The highest BCUT2D eigenvalue weighted by Gasteiger charge is 2.16. The standard InChI is InChI=1S/C9H12N2O2/c1-7(12)9(13)11(2)8-5-3-4-6-10-8/h3-7,12H,1-2H3. The molecule has 0 radical (unpaired) electrons. The number of aliphatic hydroxyl groups excluding tert-OH is 1. The molecule has 1 aromatic heterocycles. The number of rotatable bonds is 2. The van der Waals surface area contributed by atoms with E-state index >= 15 is 0 Å². The van der Waals surface area contributed by atoms with Crippen molar-refractivity contribution in [2.24, 2.45) is 0 Å². The number of pyridine rings is 1. The second-order valence-corrected chi connectivity index (χ2v) is 2.76. The summed E-state index contributed by atoms with van der Waals surface area (Å²) in [6, 6.07) is 5.26. The van der Waals surface area contributed by atoms with E-state index in [1.54, 1.807) is 31.4 Å². The average Bonchev–Trinajstić information content (AvgIpc) is 2.17. The van der Waals surface area contributed by atoms with Crippen molar-refractivity contribution < 1.29 is 9.90 Å². The van der Waals surface area contributed by atoms with Crippen molar-refractivity contribution in [2.45, 2.75) is 13.0 Å². The van der Waals surface area contributed by atoms with Gasteiger partial charge in [-0.3, -0.25) is 9.69 Å². The topological polar surface area (TPSA) is 53.4 Å². The Morgan fingerprint density at radius 1 is 1.62 bits per heavy atom. The highest BCUT2D eigenvalue weighted by molar-refractivity contribution is 5.94. The number of carbonyl (C=O) groups is 1. The molecule has 0 saturated carbocycles. The van der Waals surface area contributed by atoms with Crippen LogP contribution in [0.5, 0.6) is 0 Å². The van der Waals surface area contributed by atoms with Gasteiger partial charge in [-0.1, -0.05) is 6.07 Å². The minimum Gasteiger partial charge on any atom is -0.384 e. The molecule has 1 aromatic rings. The molecule has 1 amide bonds. The number of aliphatic hydroxyl groups is 1. The predicted molar refractivity (Wildman–Crippen MR) is 49.3 cm³/mol. The summed E-state index contributed by atoms with van der Waals surface area (Å²) in [5, 5.41) is 9.03. The number of likely N-dealkylation sites (N-methyl/N-ethyl adjacent to an activating group) is 1. The van der Waals surface area contributed by atoms with E-state index in [0.717, 1.165) is 0 Å². The van der Waals surface area contributed by atoms with Crippen molar-refractivity contribution in [2.75, 3.05) is 11.9 Å². The Morgan fingerprint density at radius 3 is 2.77 bits per heavy atom. The van der Waals surface area contributed by atoms with Crippen LogP contribution >= 0.6 is 0 Å². The summed E-state index contributed by atoms with van der Waals surface area (Å²) in [6.45, 7) is 1.43. The van der Waals surface area contributed by atoms with Crippen LogP contribution in [0.15, 0.2) is 24.4 Å². The van der Waals surface area contributed by atoms with Crippen molar-refractivity contribution in [1.82, 2.24) is 4.98 Å². The van der Waals surface area contributed by atoms with Crippen LogP contribution in [0.25, 0.3) is 0 Å². The summed E-state index contributed by atoms with van der Waals surface area (Å²) in [5.41, 5.74) is 0. The van der Waals surface area contributed by atoms with Gasteiger partial charge in [-0.2, -0.15) is 0 Å². The van der Waals surface area contributed by atoms with Crippen molar-refractivity contribution in [1.29, 1.82) is 0 Å². The third-order valence-electron chi connectivity index (χ3n) is 1.68.